The van der Waals surface area contributed by atoms with Gasteiger partial charge in [0.15, 0.2) is 0 Å². The van der Waals surface area contributed by atoms with Crippen molar-refractivity contribution in [3.63, 3.8) is 0 Å². The normalized spacial score (nSPS) is 21.9. The van der Waals surface area contributed by atoms with Crippen molar-refractivity contribution in [1.29, 1.82) is 0 Å². The Kier molecular flexibility index (Phi) is 6.08. The molecular weight excluding hydrogens is 356 g/mol. The van der Waals surface area contributed by atoms with Crippen molar-refractivity contribution in [3.05, 3.63) is 41.5 Å². The Bertz CT molecular complexity index is 785. The van der Waals surface area contributed by atoms with Gasteiger partial charge in [-0.25, -0.2) is 8.42 Å². The van der Waals surface area contributed by atoms with Crippen molar-refractivity contribution in [3.8, 4) is 0 Å². The largest absolute Gasteiger partial charge is 0.376 e. The molecule has 142 valence electrons. The molecule has 0 unspecified atom stereocenters. The maximum Gasteiger partial charge on any atom is 0.251 e. The number of benzene rings is 1. The molecule has 0 aromatic heterocycles. The second-order valence-corrected chi connectivity index (χ2v) is 8.41. The Morgan fingerprint density at radius 2 is 2.19 bits per heavy atom. The molecule has 2 aliphatic heterocycles. The summed E-state index contributed by atoms with van der Waals surface area (Å²) in [5.74, 6) is -0.328. The van der Waals surface area contributed by atoms with Crippen molar-refractivity contribution in [1.82, 2.24) is 9.62 Å². The number of sulfonamides is 1. The van der Waals surface area contributed by atoms with Gasteiger partial charge in [0, 0.05) is 25.2 Å². The minimum absolute atomic E-state index is 0.135. The topological polar surface area (TPSA) is 84.9 Å². The lowest BCUT2D eigenvalue weighted by atomic mass is 10.1. The third kappa shape index (κ3) is 4.50. The van der Waals surface area contributed by atoms with Crippen molar-refractivity contribution in [2.24, 2.45) is 0 Å². The van der Waals surface area contributed by atoms with Gasteiger partial charge < -0.3 is 14.8 Å². The molecule has 0 spiro atoms. The molecule has 1 fully saturated rings. The van der Waals surface area contributed by atoms with E-state index in [0.29, 0.717) is 45.0 Å². The fourth-order valence-electron chi connectivity index (χ4n) is 2.88. The van der Waals surface area contributed by atoms with Crippen LogP contribution in [0.3, 0.4) is 0 Å². The van der Waals surface area contributed by atoms with Crippen LogP contribution in [0, 0.1) is 0 Å². The minimum Gasteiger partial charge on any atom is -0.376 e. The SMILES string of the molecule is CC1=CCN(S(=O)(=O)c2cccc(C(=O)NC[C@H]3COCCO3)c2)CC1. The van der Waals surface area contributed by atoms with E-state index in [-0.39, 0.29) is 16.9 Å². The molecule has 1 atom stereocenters. The Hall–Kier alpha value is -1.74. The number of nitrogens with one attached hydrogen (secondary N) is 1. The lowest BCUT2D eigenvalue weighted by Crippen LogP contribution is -2.39. The fraction of sp³-hybridized carbons (Fsp3) is 0.500. The fourth-order valence-corrected chi connectivity index (χ4v) is 4.31. The molecule has 1 N–H and O–H groups in total. The summed E-state index contributed by atoms with van der Waals surface area (Å²) in [6, 6.07) is 6.14. The van der Waals surface area contributed by atoms with Gasteiger partial charge in [0.2, 0.25) is 10.0 Å². The third-order valence-electron chi connectivity index (χ3n) is 4.51. The number of amides is 1. The van der Waals surface area contributed by atoms with E-state index < -0.39 is 10.0 Å². The van der Waals surface area contributed by atoms with Crippen LogP contribution in [0.5, 0.6) is 0 Å². The van der Waals surface area contributed by atoms with Gasteiger partial charge in [-0.15, -0.1) is 0 Å². The van der Waals surface area contributed by atoms with Crippen molar-refractivity contribution < 1.29 is 22.7 Å². The first-order valence-electron chi connectivity index (χ1n) is 8.70. The smallest absolute Gasteiger partial charge is 0.251 e. The molecule has 0 bridgehead atoms. The molecule has 0 saturated carbocycles. The molecule has 3 rings (SSSR count). The van der Waals surface area contributed by atoms with Gasteiger partial charge in [0.1, 0.15) is 0 Å². The standard InChI is InChI=1S/C18H24N2O5S/c1-14-5-7-20(8-6-14)26(22,23)17-4-2-3-15(11-17)18(21)19-12-16-13-24-9-10-25-16/h2-5,11,16H,6-10,12-13H2,1H3,(H,19,21)/t16-/m0/s1. The molecular formula is C18H24N2O5S. The Labute approximate surface area is 154 Å². The zero-order valence-corrected chi connectivity index (χ0v) is 15.6. The van der Waals surface area contributed by atoms with E-state index in [0.717, 1.165) is 6.42 Å². The van der Waals surface area contributed by atoms with Crippen LogP contribution < -0.4 is 5.32 Å². The molecule has 0 radical (unpaired) electrons. The minimum atomic E-state index is -3.61. The van der Waals surface area contributed by atoms with Gasteiger partial charge >= 0.3 is 0 Å². The summed E-state index contributed by atoms with van der Waals surface area (Å²) >= 11 is 0. The molecule has 7 nitrogen and oxygen atoms in total. The van der Waals surface area contributed by atoms with E-state index in [9.17, 15) is 13.2 Å². The van der Waals surface area contributed by atoms with Gasteiger partial charge in [0.25, 0.3) is 5.91 Å². The first-order valence-corrected chi connectivity index (χ1v) is 10.1. The number of rotatable bonds is 5. The molecule has 0 aliphatic carbocycles. The maximum absolute atomic E-state index is 12.8. The van der Waals surface area contributed by atoms with Gasteiger partial charge in [0.05, 0.1) is 30.8 Å². The first kappa shape index (κ1) is 19.0. The lowest BCUT2D eigenvalue weighted by molar-refractivity contribution is -0.0855. The number of carbonyl (C=O) groups excluding carboxylic acids is 1. The summed E-state index contributed by atoms with van der Waals surface area (Å²) in [6.07, 6.45) is 2.47. The van der Waals surface area contributed by atoms with Crippen LogP contribution in [-0.4, -0.2) is 64.2 Å². The molecule has 8 heteroatoms. The van der Waals surface area contributed by atoms with Crippen LogP contribution in [0.15, 0.2) is 40.8 Å². The Morgan fingerprint density at radius 3 is 2.88 bits per heavy atom. The summed E-state index contributed by atoms with van der Waals surface area (Å²) in [5.41, 5.74) is 1.50. The van der Waals surface area contributed by atoms with Crippen LogP contribution in [0.1, 0.15) is 23.7 Å². The van der Waals surface area contributed by atoms with Crippen molar-refractivity contribution in [2.75, 3.05) is 39.5 Å². The van der Waals surface area contributed by atoms with Gasteiger partial charge in [-0.3, -0.25) is 4.79 Å². The van der Waals surface area contributed by atoms with E-state index in [2.05, 4.69) is 5.32 Å². The predicted molar refractivity (Wildman–Crippen MR) is 96.5 cm³/mol. The van der Waals surface area contributed by atoms with Crippen LogP contribution in [0.4, 0.5) is 0 Å². The zero-order valence-electron chi connectivity index (χ0n) is 14.8. The van der Waals surface area contributed by atoms with Crippen LogP contribution in [-0.2, 0) is 19.5 Å². The van der Waals surface area contributed by atoms with Crippen LogP contribution in [0.2, 0.25) is 0 Å². The van der Waals surface area contributed by atoms with E-state index >= 15 is 0 Å². The molecule has 1 saturated heterocycles. The quantitative estimate of drug-likeness (QED) is 0.775. The lowest BCUT2D eigenvalue weighted by Gasteiger charge is -2.25. The second kappa shape index (κ2) is 8.30. The average molecular weight is 380 g/mol. The van der Waals surface area contributed by atoms with Crippen LogP contribution >= 0.6 is 0 Å². The summed E-state index contributed by atoms with van der Waals surface area (Å²) in [4.78, 5) is 12.5. The van der Waals surface area contributed by atoms with Gasteiger partial charge in [-0.1, -0.05) is 17.7 Å². The highest BCUT2D eigenvalue weighted by atomic mass is 32.2. The zero-order chi connectivity index (χ0) is 18.6. The maximum atomic E-state index is 12.8. The highest BCUT2D eigenvalue weighted by Crippen LogP contribution is 2.21. The molecule has 26 heavy (non-hydrogen) atoms. The monoisotopic (exact) mass is 380 g/mol. The summed E-state index contributed by atoms with van der Waals surface area (Å²) in [5, 5.41) is 2.77. The number of nitrogens with zero attached hydrogens (tertiary/aromatic N) is 1. The second-order valence-electron chi connectivity index (χ2n) is 6.47. The Balaban J connectivity index is 1.68. The molecule has 1 aromatic carbocycles. The molecule has 1 amide bonds. The average Bonchev–Trinajstić information content (AvgIpc) is 2.67. The van der Waals surface area contributed by atoms with Crippen LogP contribution in [0.25, 0.3) is 0 Å². The summed E-state index contributed by atoms with van der Waals surface area (Å²) in [7, 11) is -3.61. The molecule has 2 heterocycles. The molecule has 2 aliphatic rings. The van der Waals surface area contributed by atoms with Gasteiger partial charge in [-0.05, 0) is 31.5 Å². The summed E-state index contributed by atoms with van der Waals surface area (Å²) in [6.45, 7) is 4.66. The predicted octanol–water partition coefficient (Wildman–Crippen LogP) is 1.17. The number of carbonyl (C=O) groups is 1. The number of hydrogen-bond donors (Lipinski definition) is 1. The van der Waals surface area contributed by atoms with E-state index in [4.69, 9.17) is 9.47 Å². The molecule has 1 aromatic rings. The number of hydrogen-bond acceptors (Lipinski definition) is 5. The summed E-state index contributed by atoms with van der Waals surface area (Å²) < 4.78 is 37.8. The Morgan fingerprint density at radius 1 is 1.35 bits per heavy atom. The van der Waals surface area contributed by atoms with Crippen molar-refractivity contribution >= 4 is 15.9 Å². The van der Waals surface area contributed by atoms with Gasteiger partial charge in [-0.2, -0.15) is 4.31 Å². The number of ether oxygens (including phenoxy) is 2. The highest BCUT2D eigenvalue weighted by molar-refractivity contribution is 7.89. The van der Waals surface area contributed by atoms with E-state index in [1.54, 1.807) is 12.1 Å². The van der Waals surface area contributed by atoms with Crippen molar-refractivity contribution in [2.45, 2.75) is 24.3 Å². The third-order valence-corrected chi connectivity index (χ3v) is 6.37. The van der Waals surface area contributed by atoms with E-state index in [1.807, 2.05) is 13.0 Å². The first-order chi connectivity index (χ1) is 12.5. The van der Waals surface area contributed by atoms with E-state index in [1.165, 1.54) is 22.0 Å². The highest BCUT2D eigenvalue weighted by Gasteiger charge is 2.26.